The first-order valence-electron chi connectivity index (χ1n) is 7.13. The molecule has 0 N–H and O–H groups in total. The normalized spacial score (nSPS) is 18.7. The molecular formula is C14H30N2O2. The van der Waals surface area contributed by atoms with Crippen LogP contribution in [0.1, 0.15) is 33.1 Å². The molecule has 0 amide bonds. The van der Waals surface area contributed by atoms with Crippen LogP contribution in [-0.4, -0.2) is 69.1 Å². The van der Waals surface area contributed by atoms with Crippen molar-refractivity contribution < 1.29 is 9.47 Å². The zero-order valence-corrected chi connectivity index (χ0v) is 12.7. The van der Waals surface area contributed by atoms with Crippen molar-refractivity contribution in [3.63, 3.8) is 0 Å². The second kappa shape index (κ2) is 7.43. The fourth-order valence-corrected chi connectivity index (χ4v) is 2.68. The van der Waals surface area contributed by atoms with E-state index >= 15 is 0 Å². The standard InChI is InChI=1S/C14H30N2O2/c1-6-17-13(18-7-2)11-16(5)12-14(15(3)4)9-8-10-14/h13H,6-12H2,1-5H3. The highest BCUT2D eigenvalue weighted by Gasteiger charge is 2.39. The Kier molecular flexibility index (Phi) is 6.57. The largest absolute Gasteiger partial charge is 0.352 e. The van der Waals surface area contributed by atoms with Crippen LogP contribution in [0.5, 0.6) is 0 Å². The Morgan fingerprint density at radius 3 is 1.94 bits per heavy atom. The predicted octanol–water partition coefficient (Wildman–Crippen LogP) is 1.80. The lowest BCUT2D eigenvalue weighted by Gasteiger charge is -2.49. The van der Waals surface area contributed by atoms with Crippen molar-refractivity contribution in [3.8, 4) is 0 Å². The zero-order chi connectivity index (χ0) is 13.6. The molecule has 0 radical (unpaired) electrons. The fourth-order valence-electron chi connectivity index (χ4n) is 2.68. The molecule has 0 aliphatic heterocycles. The maximum atomic E-state index is 5.60. The van der Waals surface area contributed by atoms with Crippen molar-refractivity contribution in [2.75, 3.05) is 47.4 Å². The van der Waals surface area contributed by atoms with E-state index in [1.807, 2.05) is 13.8 Å². The first kappa shape index (κ1) is 15.9. The number of nitrogens with zero attached hydrogens (tertiary/aromatic N) is 2. The van der Waals surface area contributed by atoms with E-state index in [-0.39, 0.29) is 6.29 Å². The molecule has 0 aromatic heterocycles. The lowest BCUT2D eigenvalue weighted by atomic mass is 9.75. The molecule has 0 aromatic carbocycles. The molecule has 0 bridgehead atoms. The molecule has 0 aromatic rings. The Bertz CT molecular complexity index is 224. The summed E-state index contributed by atoms with van der Waals surface area (Å²) < 4.78 is 11.2. The summed E-state index contributed by atoms with van der Waals surface area (Å²) in [6, 6.07) is 0. The van der Waals surface area contributed by atoms with Gasteiger partial charge in [0.1, 0.15) is 0 Å². The van der Waals surface area contributed by atoms with Gasteiger partial charge in [-0.3, -0.25) is 4.90 Å². The molecular weight excluding hydrogens is 228 g/mol. The quantitative estimate of drug-likeness (QED) is 0.589. The first-order chi connectivity index (χ1) is 8.54. The average molecular weight is 258 g/mol. The third kappa shape index (κ3) is 4.19. The van der Waals surface area contributed by atoms with Crippen molar-refractivity contribution in [3.05, 3.63) is 0 Å². The van der Waals surface area contributed by atoms with Crippen molar-refractivity contribution in [1.82, 2.24) is 9.80 Å². The van der Waals surface area contributed by atoms with Gasteiger partial charge in [0, 0.05) is 31.8 Å². The van der Waals surface area contributed by atoms with Gasteiger partial charge in [0.2, 0.25) is 0 Å². The SMILES string of the molecule is CCOC(CN(C)CC1(N(C)C)CCC1)OCC. The molecule has 1 aliphatic rings. The summed E-state index contributed by atoms with van der Waals surface area (Å²) in [6.07, 6.45) is 3.87. The van der Waals surface area contributed by atoms with E-state index in [2.05, 4.69) is 30.9 Å². The first-order valence-corrected chi connectivity index (χ1v) is 7.13. The Morgan fingerprint density at radius 1 is 1.06 bits per heavy atom. The van der Waals surface area contributed by atoms with E-state index in [4.69, 9.17) is 9.47 Å². The van der Waals surface area contributed by atoms with Crippen LogP contribution in [0.4, 0.5) is 0 Å². The lowest BCUT2D eigenvalue weighted by Crippen LogP contribution is -2.57. The smallest absolute Gasteiger partial charge is 0.170 e. The molecule has 4 nitrogen and oxygen atoms in total. The van der Waals surface area contributed by atoms with Crippen LogP contribution in [0.2, 0.25) is 0 Å². The predicted molar refractivity (Wildman–Crippen MR) is 74.8 cm³/mol. The van der Waals surface area contributed by atoms with Crippen molar-refractivity contribution >= 4 is 0 Å². The number of hydrogen-bond acceptors (Lipinski definition) is 4. The number of likely N-dealkylation sites (N-methyl/N-ethyl adjacent to an activating group) is 2. The second-order valence-corrected chi connectivity index (χ2v) is 5.51. The second-order valence-electron chi connectivity index (χ2n) is 5.51. The maximum Gasteiger partial charge on any atom is 0.170 e. The van der Waals surface area contributed by atoms with Crippen LogP contribution in [0, 0.1) is 0 Å². The third-order valence-corrected chi connectivity index (χ3v) is 3.96. The highest BCUT2D eigenvalue weighted by atomic mass is 16.7. The van der Waals surface area contributed by atoms with Crippen LogP contribution in [0.15, 0.2) is 0 Å². The van der Waals surface area contributed by atoms with Gasteiger partial charge in [0.05, 0.1) is 0 Å². The van der Waals surface area contributed by atoms with Crippen molar-refractivity contribution in [2.24, 2.45) is 0 Å². The Labute approximate surface area is 112 Å². The van der Waals surface area contributed by atoms with Gasteiger partial charge >= 0.3 is 0 Å². The van der Waals surface area contributed by atoms with E-state index in [0.29, 0.717) is 18.8 Å². The van der Waals surface area contributed by atoms with Gasteiger partial charge in [0.15, 0.2) is 6.29 Å². The number of hydrogen-bond donors (Lipinski definition) is 0. The third-order valence-electron chi connectivity index (χ3n) is 3.96. The molecule has 0 saturated heterocycles. The highest BCUT2D eigenvalue weighted by molar-refractivity contribution is 4.97. The minimum Gasteiger partial charge on any atom is -0.352 e. The summed E-state index contributed by atoms with van der Waals surface area (Å²) in [5, 5.41) is 0. The van der Waals surface area contributed by atoms with Gasteiger partial charge in [-0.05, 0) is 54.3 Å². The molecule has 0 spiro atoms. The molecule has 1 aliphatic carbocycles. The van der Waals surface area contributed by atoms with Gasteiger partial charge in [-0.1, -0.05) is 0 Å². The zero-order valence-electron chi connectivity index (χ0n) is 12.7. The topological polar surface area (TPSA) is 24.9 Å². The molecule has 0 atom stereocenters. The van der Waals surface area contributed by atoms with Crippen molar-refractivity contribution in [2.45, 2.75) is 44.9 Å². The highest BCUT2D eigenvalue weighted by Crippen LogP contribution is 2.36. The summed E-state index contributed by atoms with van der Waals surface area (Å²) in [4.78, 5) is 4.72. The van der Waals surface area contributed by atoms with Crippen LogP contribution in [0.25, 0.3) is 0 Å². The summed E-state index contributed by atoms with van der Waals surface area (Å²) in [6.45, 7) is 7.38. The Hall–Kier alpha value is -0.160. The maximum absolute atomic E-state index is 5.60. The van der Waals surface area contributed by atoms with Gasteiger partial charge in [0.25, 0.3) is 0 Å². The molecule has 0 unspecified atom stereocenters. The molecule has 1 fully saturated rings. The average Bonchev–Trinajstić information content (AvgIpc) is 2.23. The monoisotopic (exact) mass is 258 g/mol. The molecule has 0 heterocycles. The van der Waals surface area contributed by atoms with Crippen molar-refractivity contribution in [1.29, 1.82) is 0 Å². The van der Waals surface area contributed by atoms with Gasteiger partial charge in [-0.2, -0.15) is 0 Å². The Balaban J connectivity index is 2.41. The number of rotatable bonds is 9. The van der Waals surface area contributed by atoms with E-state index in [0.717, 1.165) is 13.1 Å². The summed E-state index contributed by atoms with van der Waals surface area (Å²) in [7, 11) is 6.54. The molecule has 4 heteroatoms. The van der Waals surface area contributed by atoms with Crippen LogP contribution in [0.3, 0.4) is 0 Å². The minimum atomic E-state index is -0.0933. The number of ether oxygens (including phenoxy) is 2. The lowest BCUT2D eigenvalue weighted by molar-refractivity contribution is -0.148. The van der Waals surface area contributed by atoms with Gasteiger partial charge in [-0.15, -0.1) is 0 Å². The van der Waals surface area contributed by atoms with Crippen LogP contribution >= 0.6 is 0 Å². The van der Waals surface area contributed by atoms with E-state index in [1.165, 1.54) is 19.3 Å². The van der Waals surface area contributed by atoms with Crippen LogP contribution in [-0.2, 0) is 9.47 Å². The van der Waals surface area contributed by atoms with E-state index in [1.54, 1.807) is 0 Å². The van der Waals surface area contributed by atoms with Crippen LogP contribution < -0.4 is 0 Å². The van der Waals surface area contributed by atoms with E-state index in [9.17, 15) is 0 Å². The molecule has 1 rings (SSSR count). The summed E-state index contributed by atoms with van der Waals surface area (Å²) in [5.74, 6) is 0. The fraction of sp³-hybridized carbons (Fsp3) is 1.00. The Morgan fingerprint density at radius 2 is 1.61 bits per heavy atom. The molecule has 1 saturated carbocycles. The van der Waals surface area contributed by atoms with E-state index < -0.39 is 0 Å². The van der Waals surface area contributed by atoms with Gasteiger partial charge in [-0.25, -0.2) is 0 Å². The summed E-state index contributed by atoms with van der Waals surface area (Å²) >= 11 is 0. The minimum absolute atomic E-state index is 0.0933. The van der Waals surface area contributed by atoms with Gasteiger partial charge < -0.3 is 14.4 Å². The molecule has 108 valence electrons. The summed E-state index contributed by atoms with van der Waals surface area (Å²) in [5.41, 5.74) is 0.373. The molecule has 18 heavy (non-hydrogen) atoms.